The van der Waals surface area contributed by atoms with E-state index in [0.29, 0.717) is 5.75 Å². The minimum Gasteiger partial charge on any atom is -0.478 e. The molecule has 0 bridgehead atoms. The monoisotopic (exact) mass is 265 g/mol. The van der Waals surface area contributed by atoms with Crippen LogP contribution in [-0.4, -0.2) is 18.1 Å². The fraction of sp³-hybridized carbons (Fsp3) is 0.118. The van der Waals surface area contributed by atoms with Crippen LogP contribution in [0.15, 0.2) is 66.7 Å². The van der Waals surface area contributed by atoms with E-state index in [1.54, 1.807) is 0 Å². The number of amides is 1. The van der Waals surface area contributed by atoms with Crippen LogP contribution < -0.4 is 10.1 Å². The van der Waals surface area contributed by atoms with Gasteiger partial charge in [0.1, 0.15) is 5.75 Å². The molecule has 1 amide bonds. The summed E-state index contributed by atoms with van der Waals surface area (Å²) in [4.78, 5) is 11.6. The standard InChI is InChI=1S/C17H15NO2/c19-17-16(20-14-9-5-2-6-10-14)15(18-17)12-11-13-7-3-1-4-8-13/h1-12,15-16H,(H,18,19)/b12-11+. The smallest absolute Gasteiger partial charge is 0.264 e. The Labute approximate surface area is 117 Å². The second kappa shape index (κ2) is 5.61. The predicted octanol–water partition coefficient (Wildman–Crippen LogP) is 2.65. The molecule has 3 heteroatoms. The van der Waals surface area contributed by atoms with Crippen LogP contribution in [-0.2, 0) is 4.79 Å². The van der Waals surface area contributed by atoms with Gasteiger partial charge in [0, 0.05) is 0 Å². The topological polar surface area (TPSA) is 38.3 Å². The summed E-state index contributed by atoms with van der Waals surface area (Å²) in [5.41, 5.74) is 1.10. The highest BCUT2D eigenvalue weighted by Crippen LogP contribution is 2.18. The van der Waals surface area contributed by atoms with Crippen molar-refractivity contribution in [2.75, 3.05) is 0 Å². The Balaban J connectivity index is 1.66. The first-order chi connectivity index (χ1) is 9.83. The number of hydrogen-bond acceptors (Lipinski definition) is 2. The van der Waals surface area contributed by atoms with E-state index in [1.165, 1.54) is 0 Å². The molecule has 3 nitrogen and oxygen atoms in total. The minimum atomic E-state index is -0.447. The van der Waals surface area contributed by atoms with Gasteiger partial charge in [0.05, 0.1) is 6.04 Å². The first kappa shape index (κ1) is 12.5. The van der Waals surface area contributed by atoms with Gasteiger partial charge in [-0.1, -0.05) is 60.7 Å². The lowest BCUT2D eigenvalue weighted by atomic mass is 10.0. The maximum absolute atomic E-state index is 11.6. The van der Waals surface area contributed by atoms with Crippen LogP contribution in [0.2, 0.25) is 0 Å². The molecule has 0 spiro atoms. The summed E-state index contributed by atoms with van der Waals surface area (Å²) >= 11 is 0. The number of carbonyl (C=O) groups is 1. The van der Waals surface area contributed by atoms with Gasteiger partial charge >= 0.3 is 0 Å². The summed E-state index contributed by atoms with van der Waals surface area (Å²) in [6.45, 7) is 0. The zero-order valence-corrected chi connectivity index (χ0v) is 10.9. The number of para-hydroxylation sites is 1. The molecule has 0 radical (unpaired) electrons. The van der Waals surface area contributed by atoms with E-state index in [0.717, 1.165) is 5.56 Å². The Bertz CT molecular complexity index is 607. The second-order valence-electron chi connectivity index (χ2n) is 4.66. The van der Waals surface area contributed by atoms with Crippen LogP contribution in [0.3, 0.4) is 0 Å². The van der Waals surface area contributed by atoms with E-state index in [4.69, 9.17) is 4.74 Å². The third-order valence-corrected chi connectivity index (χ3v) is 3.20. The van der Waals surface area contributed by atoms with Crippen molar-refractivity contribution in [2.24, 2.45) is 0 Å². The highest BCUT2D eigenvalue weighted by molar-refractivity contribution is 5.89. The van der Waals surface area contributed by atoms with Crippen molar-refractivity contribution in [3.05, 3.63) is 72.3 Å². The number of carbonyl (C=O) groups excluding carboxylic acids is 1. The summed E-state index contributed by atoms with van der Waals surface area (Å²) < 4.78 is 5.70. The molecule has 0 saturated carbocycles. The number of benzene rings is 2. The van der Waals surface area contributed by atoms with E-state index in [-0.39, 0.29) is 11.9 Å². The fourth-order valence-corrected chi connectivity index (χ4v) is 2.09. The van der Waals surface area contributed by atoms with Crippen molar-refractivity contribution in [2.45, 2.75) is 12.1 Å². The van der Waals surface area contributed by atoms with E-state index < -0.39 is 6.10 Å². The van der Waals surface area contributed by atoms with Crippen molar-refractivity contribution in [3.63, 3.8) is 0 Å². The summed E-state index contributed by atoms with van der Waals surface area (Å²) in [5, 5.41) is 2.83. The van der Waals surface area contributed by atoms with E-state index >= 15 is 0 Å². The van der Waals surface area contributed by atoms with Gasteiger partial charge < -0.3 is 10.1 Å². The summed E-state index contributed by atoms with van der Waals surface area (Å²) in [6, 6.07) is 19.3. The van der Waals surface area contributed by atoms with Gasteiger partial charge in [-0.2, -0.15) is 0 Å². The molecule has 1 saturated heterocycles. The number of ether oxygens (including phenoxy) is 1. The molecule has 0 aromatic heterocycles. The summed E-state index contributed by atoms with van der Waals surface area (Å²) in [7, 11) is 0. The fourth-order valence-electron chi connectivity index (χ4n) is 2.09. The van der Waals surface area contributed by atoms with Crippen LogP contribution >= 0.6 is 0 Å². The Morgan fingerprint density at radius 1 is 0.950 bits per heavy atom. The molecule has 1 aliphatic rings. The molecule has 3 rings (SSSR count). The predicted molar refractivity (Wildman–Crippen MR) is 78.3 cm³/mol. The molecule has 100 valence electrons. The van der Waals surface area contributed by atoms with Gasteiger partial charge in [-0.15, -0.1) is 0 Å². The summed E-state index contributed by atoms with van der Waals surface area (Å²) in [6.07, 6.45) is 3.51. The van der Waals surface area contributed by atoms with Gasteiger partial charge in [0.2, 0.25) is 6.10 Å². The number of β-lactam (4-membered cyclic amide) rings is 1. The van der Waals surface area contributed by atoms with Gasteiger partial charge in [-0.3, -0.25) is 4.79 Å². The summed E-state index contributed by atoms with van der Waals surface area (Å²) in [5.74, 6) is 0.641. The van der Waals surface area contributed by atoms with Gasteiger partial charge in [0.15, 0.2) is 0 Å². The van der Waals surface area contributed by atoms with Crippen LogP contribution in [0.5, 0.6) is 5.75 Å². The van der Waals surface area contributed by atoms with Crippen molar-refractivity contribution >= 4 is 12.0 Å². The van der Waals surface area contributed by atoms with Crippen LogP contribution in [0.1, 0.15) is 5.56 Å². The number of nitrogens with one attached hydrogen (secondary N) is 1. The van der Waals surface area contributed by atoms with Crippen LogP contribution in [0, 0.1) is 0 Å². The first-order valence-electron chi connectivity index (χ1n) is 6.58. The molecule has 1 aliphatic heterocycles. The molecule has 20 heavy (non-hydrogen) atoms. The zero-order chi connectivity index (χ0) is 13.8. The average Bonchev–Trinajstić information content (AvgIpc) is 2.51. The zero-order valence-electron chi connectivity index (χ0n) is 10.9. The van der Waals surface area contributed by atoms with E-state index in [9.17, 15) is 4.79 Å². The molecule has 2 aromatic rings. The highest BCUT2D eigenvalue weighted by Gasteiger charge is 2.39. The van der Waals surface area contributed by atoms with Gasteiger partial charge in [-0.25, -0.2) is 0 Å². The van der Waals surface area contributed by atoms with Crippen molar-refractivity contribution < 1.29 is 9.53 Å². The lowest BCUT2D eigenvalue weighted by Crippen LogP contribution is -2.63. The molecule has 2 unspecified atom stereocenters. The largest absolute Gasteiger partial charge is 0.478 e. The lowest BCUT2D eigenvalue weighted by molar-refractivity contribution is -0.138. The molecule has 1 fully saturated rings. The van der Waals surface area contributed by atoms with Crippen molar-refractivity contribution in [1.29, 1.82) is 0 Å². The molecule has 2 aromatic carbocycles. The minimum absolute atomic E-state index is 0.0726. The highest BCUT2D eigenvalue weighted by atomic mass is 16.5. The molecule has 1 heterocycles. The van der Waals surface area contributed by atoms with Gasteiger partial charge in [0.25, 0.3) is 5.91 Å². The second-order valence-corrected chi connectivity index (χ2v) is 4.66. The molecule has 1 N–H and O–H groups in total. The molecular weight excluding hydrogens is 250 g/mol. The molecule has 2 atom stereocenters. The van der Waals surface area contributed by atoms with Crippen LogP contribution in [0.4, 0.5) is 0 Å². The third-order valence-electron chi connectivity index (χ3n) is 3.20. The number of hydrogen-bond donors (Lipinski definition) is 1. The lowest BCUT2D eigenvalue weighted by Gasteiger charge is -2.34. The Morgan fingerprint density at radius 3 is 2.25 bits per heavy atom. The quantitative estimate of drug-likeness (QED) is 0.863. The van der Waals surface area contributed by atoms with Crippen molar-refractivity contribution in [3.8, 4) is 5.75 Å². The van der Waals surface area contributed by atoms with Gasteiger partial charge in [-0.05, 0) is 17.7 Å². The number of rotatable bonds is 4. The third kappa shape index (κ3) is 2.72. The molecule has 0 aliphatic carbocycles. The Hall–Kier alpha value is -2.55. The maximum Gasteiger partial charge on any atom is 0.264 e. The average molecular weight is 265 g/mol. The van der Waals surface area contributed by atoms with Crippen molar-refractivity contribution in [1.82, 2.24) is 5.32 Å². The SMILES string of the molecule is O=C1NC(/C=C/c2ccccc2)C1Oc1ccccc1. The van der Waals surface area contributed by atoms with E-state index in [2.05, 4.69) is 5.32 Å². The maximum atomic E-state index is 11.6. The normalized spacial score (nSPS) is 21.3. The first-order valence-corrected chi connectivity index (χ1v) is 6.58. The molecular formula is C17H15NO2. The Morgan fingerprint density at radius 2 is 1.60 bits per heavy atom. The van der Waals surface area contributed by atoms with E-state index in [1.807, 2.05) is 72.8 Å². The Kier molecular flexibility index (Phi) is 3.50. The van der Waals surface area contributed by atoms with Crippen LogP contribution in [0.25, 0.3) is 6.08 Å².